The van der Waals surface area contributed by atoms with Gasteiger partial charge in [-0.1, -0.05) is 48.5 Å². The lowest BCUT2D eigenvalue weighted by Crippen LogP contribution is -2.37. The molecule has 7 heteroatoms. The molecule has 0 aliphatic carbocycles. The minimum atomic E-state index is -0.137. The van der Waals surface area contributed by atoms with Crippen molar-refractivity contribution in [2.75, 3.05) is 37.7 Å². The first-order valence-corrected chi connectivity index (χ1v) is 15.1. The van der Waals surface area contributed by atoms with E-state index in [1.807, 2.05) is 36.4 Å². The maximum atomic E-state index is 13.7. The summed E-state index contributed by atoms with van der Waals surface area (Å²) in [5, 5.41) is 6.21. The van der Waals surface area contributed by atoms with E-state index >= 15 is 0 Å². The maximum Gasteiger partial charge on any atom is 0.252 e. The standard InChI is InChI=1S/C34H42N4O3/c39-33-26-37(24-27-12-4-1-5-13-27)25-31-30(16-11-17-32(31)41-21-9-2-6-18-35-33)34(40)36-23-28-14-10-15-29(22-28)38-19-7-3-8-20-38/h1,4-5,10-17,22H,2-3,6-9,18-21,23-26H2,(H,35,39)(H,36,40). The quantitative estimate of drug-likeness (QED) is 0.433. The zero-order chi connectivity index (χ0) is 28.3. The van der Waals surface area contributed by atoms with Crippen LogP contribution in [-0.4, -0.2) is 49.5 Å². The van der Waals surface area contributed by atoms with E-state index in [0.29, 0.717) is 44.1 Å². The van der Waals surface area contributed by atoms with Crippen LogP contribution in [0.5, 0.6) is 5.75 Å². The number of nitrogens with zero attached hydrogens (tertiary/aromatic N) is 2. The Morgan fingerprint density at radius 3 is 2.46 bits per heavy atom. The third-order valence-corrected chi connectivity index (χ3v) is 7.86. The highest BCUT2D eigenvalue weighted by molar-refractivity contribution is 5.96. The van der Waals surface area contributed by atoms with E-state index < -0.39 is 0 Å². The van der Waals surface area contributed by atoms with E-state index in [4.69, 9.17) is 4.74 Å². The van der Waals surface area contributed by atoms with Crippen molar-refractivity contribution in [3.63, 3.8) is 0 Å². The lowest BCUT2D eigenvalue weighted by atomic mass is 10.0. The zero-order valence-electron chi connectivity index (χ0n) is 23.9. The minimum Gasteiger partial charge on any atom is -0.493 e. The number of ether oxygens (including phenoxy) is 1. The molecule has 7 nitrogen and oxygen atoms in total. The number of carbonyl (C=O) groups excluding carboxylic acids is 2. The average Bonchev–Trinajstić information content (AvgIpc) is 3.02. The fourth-order valence-corrected chi connectivity index (χ4v) is 5.68. The predicted molar refractivity (Wildman–Crippen MR) is 163 cm³/mol. The Kier molecular flexibility index (Phi) is 10.3. The molecule has 2 heterocycles. The van der Waals surface area contributed by atoms with Gasteiger partial charge in [-0.25, -0.2) is 0 Å². The Morgan fingerprint density at radius 1 is 0.829 bits per heavy atom. The summed E-state index contributed by atoms with van der Waals surface area (Å²) in [7, 11) is 0. The van der Waals surface area contributed by atoms with E-state index in [-0.39, 0.29) is 18.4 Å². The van der Waals surface area contributed by atoms with Crippen LogP contribution in [0.3, 0.4) is 0 Å². The second-order valence-corrected chi connectivity index (χ2v) is 11.1. The minimum absolute atomic E-state index is 0.00170. The Morgan fingerprint density at radius 2 is 1.61 bits per heavy atom. The molecule has 0 radical (unpaired) electrons. The summed E-state index contributed by atoms with van der Waals surface area (Å²) in [6, 6.07) is 24.3. The van der Waals surface area contributed by atoms with Gasteiger partial charge >= 0.3 is 0 Å². The van der Waals surface area contributed by atoms with Gasteiger partial charge in [-0.15, -0.1) is 0 Å². The summed E-state index contributed by atoms with van der Waals surface area (Å²) in [5.41, 5.74) is 4.82. The Hall–Kier alpha value is -3.84. The molecule has 2 aliphatic heterocycles. The highest BCUT2D eigenvalue weighted by atomic mass is 16.5. The molecule has 1 saturated heterocycles. The van der Waals surface area contributed by atoms with Crippen LogP contribution in [0, 0.1) is 0 Å². The van der Waals surface area contributed by atoms with Crippen LogP contribution < -0.4 is 20.3 Å². The summed E-state index contributed by atoms with van der Waals surface area (Å²) >= 11 is 0. The lowest BCUT2D eigenvalue weighted by molar-refractivity contribution is -0.122. The molecule has 1 fully saturated rings. The number of fused-ring (bicyclic) bond motifs is 1. The third kappa shape index (κ3) is 8.33. The summed E-state index contributed by atoms with van der Waals surface area (Å²) in [4.78, 5) is 31.0. The molecule has 0 unspecified atom stereocenters. The van der Waals surface area contributed by atoms with Crippen molar-refractivity contribution in [1.82, 2.24) is 15.5 Å². The lowest BCUT2D eigenvalue weighted by Gasteiger charge is -2.29. The third-order valence-electron chi connectivity index (χ3n) is 7.86. The molecule has 0 saturated carbocycles. The molecule has 41 heavy (non-hydrogen) atoms. The average molecular weight is 555 g/mol. The van der Waals surface area contributed by atoms with Gasteiger partial charge in [0.25, 0.3) is 5.91 Å². The second kappa shape index (κ2) is 14.7. The van der Waals surface area contributed by atoms with E-state index in [1.165, 1.54) is 24.9 Å². The van der Waals surface area contributed by atoms with Crippen LogP contribution in [-0.2, 0) is 24.4 Å². The van der Waals surface area contributed by atoms with E-state index in [9.17, 15) is 9.59 Å². The van der Waals surface area contributed by atoms with Crippen LogP contribution in [0.2, 0.25) is 0 Å². The molecule has 3 aromatic carbocycles. The van der Waals surface area contributed by atoms with Gasteiger partial charge in [0.15, 0.2) is 0 Å². The van der Waals surface area contributed by atoms with Crippen molar-refractivity contribution < 1.29 is 14.3 Å². The number of anilines is 1. The van der Waals surface area contributed by atoms with Crippen LogP contribution in [0.1, 0.15) is 65.6 Å². The van der Waals surface area contributed by atoms with E-state index in [0.717, 1.165) is 49.0 Å². The van der Waals surface area contributed by atoms with Crippen LogP contribution >= 0.6 is 0 Å². The smallest absolute Gasteiger partial charge is 0.252 e. The Balaban J connectivity index is 1.36. The largest absolute Gasteiger partial charge is 0.493 e. The molecule has 0 atom stereocenters. The summed E-state index contributed by atoms with van der Waals surface area (Å²) in [5.74, 6) is 0.572. The van der Waals surface area contributed by atoms with Crippen LogP contribution in [0.25, 0.3) is 0 Å². The number of piperidine rings is 1. The SMILES string of the molecule is O=C1CN(Cc2ccccc2)Cc2c(cccc2C(=O)NCc2cccc(N3CCCCC3)c2)OCCCCCN1. The summed E-state index contributed by atoms with van der Waals surface area (Å²) < 4.78 is 6.25. The van der Waals surface area contributed by atoms with Crippen LogP contribution in [0.15, 0.2) is 72.8 Å². The molecular weight excluding hydrogens is 512 g/mol. The Bertz CT molecular complexity index is 1290. The first kappa shape index (κ1) is 28.7. The van der Waals surface area contributed by atoms with Crippen molar-refractivity contribution in [2.24, 2.45) is 0 Å². The molecular formula is C34H42N4O3. The molecule has 5 rings (SSSR count). The van der Waals surface area contributed by atoms with Crippen molar-refractivity contribution in [2.45, 2.75) is 58.2 Å². The van der Waals surface area contributed by atoms with E-state index in [1.54, 1.807) is 0 Å². The molecule has 2 aliphatic rings. The van der Waals surface area contributed by atoms with Gasteiger partial charge in [0, 0.05) is 56.1 Å². The summed E-state index contributed by atoms with van der Waals surface area (Å²) in [6.45, 7) is 5.12. The highest BCUT2D eigenvalue weighted by Crippen LogP contribution is 2.27. The number of hydrogen-bond donors (Lipinski definition) is 2. The normalized spacial score (nSPS) is 17.2. The van der Waals surface area contributed by atoms with Crippen molar-refractivity contribution in [3.8, 4) is 5.75 Å². The molecule has 2 N–H and O–H groups in total. The number of rotatable bonds is 6. The number of nitrogens with one attached hydrogen (secondary N) is 2. The second-order valence-electron chi connectivity index (χ2n) is 11.1. The van der Waals surface area contributed by atoms with Gasteiger partial charge in [-0.3, -0.25) is 14.5 Å². The molecule has 2 amide bonds. The number of carbonyl (C=O) groups is 2. The fourth-order valence-electron chi connectivity index (χ4n) is 5.68. The molecule has 0 aromatic heterocycles. The zero-order valence-corrected chi connectivity index (χ0v) is 23.9. The fraction of sp³-hybridized carbons (Fsp3) is 0.412. The molecule has 216 valence electrons. The molecule has 0 bridgehead atoms. The molecule has 3 aromatic rings. The van der Waals surface area contributed by atoms with Gasteiger partial charge in [-0.2, -0.15) is 0 Å². The number of benzene rings is 3. The van der Waals surface area contributed by atoms with Gasteiger partial charge < -0.3 is 20.3 Å². The van der Waals surface area contributed by atoms with Crippen LogP contribution in [0.4, 0.5) is 5.69 Å². The first-order chi connectivity index (χ1) is 20.2. The predicted octanol–water partition coefficient (Wildman–Crippen LogP) is 5.29. The number of hydrogen-bond acceptors (Lipinski definition) is 5. The maximum absolute atomic E-state index is 13.7. The van der Waals surface area contributed by atoms with Gasteiger partial charge in [-0.05, 0) is 73.9 Å². The van der Waals surface area contributed by atoms with Gasteiger partial charge in [0.2, 0.25) is 5.91 Å². The first-order valence-electron chi connectivity index (χ1n) is 15.1. The van der Waals surface area contributed by atoms with Gasteiger partial charge in [0.05, 0.1) is 13.2 Å². The topological polar surface area (TPSA) is 73.9 Å². The monoisotopic (exact) mass is 554 g/mol. The Labute approximate surface area is 243 Å². The van der Waals surface area contributed by atoms with Crippen molar-refractivity contribution in [1.29, 1.82) is 0 Å². The molecule has 0 spiro atoms. The van der Waals surface area contributed by atoms with E-state index in [2.05, 4.69) is 56.8 Å². The number of amides is 2. The summed E-state index contributed by atoms with van der Waals surface area (Å²) in [6.07, 6.45) is 6.54. The van der Waals surface area contributed by atoms with Crippen molar-refractivity contribution in [3.05, 3.63) is 95.1 Å². The highest BCUT2D eigenvalue weighted by Gasteiger charge is 2.21. The van der Waals surface area contributed by atoms with Crippen molar-refractivity contribution >= 4 is 17.5 Å². The van der Waals surface area contributed by atoms with Gasteiger partial charge in [0.1, 0.15) is 5.75 Å².